The average molecular weight is 289 g/mol. The van der Waals surface area contributed by atoms with E-state index in [-0.39, 0.29) is 0 Å². The molecule has 1 aromatic carbocycles. The monoisotopic (exact) mass is 288 g/mol. The predicted octanol–water partition coefficient (Wildman–Crippen LogP) is 3.45. The maximum Gasteiger partial charge on any atom is 0.316 e. The van der Waals surface area contributed by atoms with E-state index in [1.165, 1.54) is 5.56 Å². The average Bonchev–Trinajstić information content (AvgIpc) is 2.32. The third-order valence-corrected chi connectivity index (χ3v) is 3.24. The Labute approximate surface area is 118 Å². The Bertz CT molecular complexity index is 381. The van der Waals surface area contributed by atoms with Gasteiger partial charge < -0.3 is 9.80 Å². The van der Waals surface area contributed by atoms with Crippen LogP contribution in [0.2, 0.25) is 5.02 Å². The van der Waals surface area contributed by atoms with Crippen molar-refractivity contribution in [2.75, 3.05) is 26.7 Å². The molecule has 100 valence electrons. The highest BCUT2D eigenvalue weighted by Gasteiger charge is 2.09. The fourth-order valence-electron chi connectivity index (χ4n) is 1.64. The Morgan fingerprint density at radius 1 is 1.22 bits per heavy atom. The van der Waals surface area contributed by atoms with Gasteiger partial charge in [-0.25, -0.2) is 0 Å². The SMILES string of the molecule is CCN(CCN(C)Cc1ccc(Cl)cc1)C(=O)Cl. The quantitative estimate of drug-likeness (QED) is 0.591. The second-order valence-corrected chi connectivity index (χ2v) is 4.96. The van der Waals surface area contributed by atoms with E-state index < -0.39 is 5.37 Å². The molecule has 0 unspecified atom stereocenters. The summed E-state index contributed by atoms with van der Waals surface area (Å²) in [6, 6.07) is 7.77. The van der Waals surface area contributed by atoms with Crippen LogP contribution in [-0.4, -0.2) is 41.8 Å². The van der Waals surface area contributed by atoms with Gasteiger partial charge in [0.05, 0.1) is 0 Å². The molecule has 1 aromatic rings. The normalized spacial score (nSPS) is 10.7. The molecule has 0 aliphatic carbocycles. The predicted molar refractivity (Wildman–Crippen MR) is 76.3 cm³/mol. The van der Waals surface area contributed by atoms with Crippen LogP contribution in [0.1, 0.15) is 12.5 Å². The molecule has 0 atom stereocenters. The highest BCUT2D eigenvalue weighted by molar-refractivity contribution is 6.62. The number of likely N-dealkylation sites (N-methyl/N-ethyl adjacent to an activating group) is 2. The molecular formula is C13H18Cl2N2O. The van der Waals surface area contributed by atoms with Crippen LogP contribution in [0.25, 0.3) is 0 Å². The van der Waals surface area contributed by atoms with E-state index >= 15 is 0 Å². The molecular weight excluding hydrogens is 271 g/mol. The van der Waals surface area contributed by atoms with Crippen LogP contribution in [0, 0.1) is 0 Å². The lowest BCUT2D eigenvalue weighted by molar-refractivity contribution is 0.212. The van der Waals surface area contributed by atoms with E-state index in [2.05, 4.69) is 4.90 Å². The van der Waals surface area contributed by atoms with Crippen molar-refractivity contribution in [3.63, 3.8) is 0 Å². The van der Waals surface area contributed by atoms with Crippen LogP contribution in [0.15, 0.2) is 24.3 Å². The molecule has 5 heteroatoms. The molecule has 18 heavy (non-hydrogen) atoms. The smallest absolute Gasteiger partial charge is 0.316 e. The van der Waals surface area contributed by atoms with E-state index in [4.69, 9.17) is 23.2 Å². The summed E-state index contributed by atoms with van der Waals surface area (Å²) in [5, 5.41) is 0.351. The molecule has 1 amide bonds. The second kappa shape index (κ2) is 7.62. The highest BCUT2D eigenvalue weighted by atomic mass is 35.5. The molecule has 3 nitrogen and oxygen atoms in total. The molecule has 0 heterocycles. The van der Waals surface area contributed by atoms with Gasteiger partial charge in [-0.3, -0.25) is 4.79 Å². The van der Waals surface area contributed by atoms with Crippen molar-refractivity contribution >= 4 is 28.6 Å². The van der Waals surface area contributed by atoms with Crippen molar-refractivity contribution in [2.24, 2.45) is 0 Å². The zero-order valence-electron chi connectivity index (χ0n) is 10.7. The maximum atomic E-state index is 11.0. The molecule has 0 saturated heterocycles. The second-order valence-electron chi connectivity index (χ2n) is 4.20. The maximum absolute atomic E-state index is 11.0. The van der Waals surface area contributed by atoms with Gasteiger partial charge in [0.2, 0.25) is 0 Å². The van der Waals surface area contributed by atoms with Crippen molar-refractivity contribution in [3.8, 4) is 0 Å². The van der Waals surface area contributed by atoms with Crippen molar-refractivity contribution in [2.45, 2.75) is 13.5 Å². The summed E-state index contributed by atoms with van der Waals surface area (Å²) in [4.78, 5) is 14.8. The number of amides is 1. The van der Waals surface area contributed by atoms with Crippen LogP contribution >= 0.6 is 23.2 Å². The van der Waals surface area contributed by atoms with Gasteiger partial charge in [-0.05, 0) is 43.3 Å². The van der Waals surface area contributed by atoms with Crippen molar-refractivity contribution in [1.82, 2.24) is 9.80 Å². The topological polar surface area (TPSA) is 23.6 Å². The van der Waals surface area contributed by atoms with Gasteiger partial charge in [0.1, 0.15) is 0 Å². The zero-order valence-corrected chi connectivity index (χ0v) is 12.2. The summed E-state index contributed by atoms with van der Waals surface area (Å²) in [5.74, 6) is 0. The Morgan fingerprint density at radius 2 is 1.83 bits per heavy atom. The number of hydrogen-bond donors (Lipinski definition) is 0. The number of hydrogen-bond acceptors (Lipinski definition) is 2. The van der Waals surface area contributed by atoms with Crippen molar-refractivity contribution in [1.29, 1.82) is 0 Å². The summed E-state index contributed by atoms with van der Waals surface area (Å²) in [7, 11) is 2.02. The van der Waals surface area contributed by atoms with E-state index in [1.807, 2.05) is 38.2 Å². The van der Waals surface area contributed by atoms with Crippen molar-refractivity contribution in [3.05, 3.63) is 34.9 Å². The van der Waals surface area contributed by atoms with Gasteiger partial charge in [0, 0.05) is 31.2 Å². The molecule has 0 aliphatic rings. The minimum Gasteiger partial charge on any atom is -0.328 e. The third-order valence-electron chi connectivity index (χ3n) is 2.75. The Hall–Kier alpha value is -0.770. The molecule has 0 fully saturated rings. The first-order valence-corrected chi connectivity index (χ1v) is 6.66. The summed E-state index contributed by atoms with van der Waals surface area (Å²) < 4.78 is 0. The number of halogens is 2. The van der Waals surface area contributed by atoms with Gasteiger partial charge >= 0.3 is 5.37 Å². The van der Waals surface area contributed by atoms with E-state index in [0.29, 0.717) is 13.1 Å². The lowest BCUT2D eigenvalue weighted by Gasteiger charge is -2.22. The van der Waals surface area contributed by atoms with Gasteiger partial charge in [0.25, 0.3) is 0 Å². The minimum absolute atomic E-state index is 0.391. The van der Waals surface area contributed by atoms with E-state index in [9.17, 15) is 4.79 Å². The van der Waals surface area contributed by atoms with Crippen LogP contribution in [0.4, 0.5) is 4.79 Å². The summed E-state index contributed by atoms with van der Waals surface area (Å²) in [5.41, 5.74) is 1.20. The molecule has 1 rings (SSSR count). The molecule has 0 N–H and O–H groups in total. The first-order valence-electron chi connectivity index (χ1n) is 5.90. The van der Waals surface area contributed by atoms with Gasteiger partial charge in [-0.2, -0.15) is 0 Å². The Kier molecular flexibility index (Phi) is 6.47. The zero-order chi connectivity index (χ0) is 13.5. The number of rotatable bonds is 6. The van der Waals surface area contributed by atoms with Gasteiger partial charge in [-0.15, -0.1) is 0 Å². The fourth-order valence-corrected chi connectivity index (χ4v) is 1.97. The first-order chi connectivity index (χ1) is 8.52. The fraction of sp³-hybridized carbons (Fsp3) is 0.462. The highest BCUT2D eigenvalue weighted by Crippen LogP contribution is 2.10. The summed E-state index contributed by atoms with van der Waals surface area (Å²) in [6.45, 7) is 4.81. The lowest BCUT2D eigenvalue weighted by Crippen LogP contribution is -2.34. The molecule has 0 saturated carbocycles. The van der Waals surface area contributed by atoms with Crippen molar-refractivity contribution < 1.29 is 4.79 Å². The first kappa shape index (κ1) is 15.3. The van der Waals surface area contributed by atoms with Crippen LogP contribution in [0.5, 0.6) is 0 Å². The number of nitrogens with zero attached hydrogens (tertiary/aromatic N) is 2. The van der Waals surface area contributed by atoms with Gasteiger partial charge in [-0.1, -0.05) is 23.7 Å². The number of carbonyl (C=O) groups excluding carboxylic acids is 1. The van der Waals surface area contributed by atoms with Crippen LogP contribution in [-0.2, 0) is 6.54 Å². The third kappa shape index (κ3) is 5.25. The van der Waals surface area contributed by atoms with Crippen LogP contribution in [0.3, 0.4) is 0 Å². The summed E-state index contributed by atoms with van der Waals surface area (Å²) in [6.07, 6.45) is 0. The number of benzene rings is 1. The minimum atomic E-state index is -0.391. The summed E-state index contributed by atoms with van der Waals surface area (Å²) >= 11 is 11.3. The Morgan fingerprint density at radius 3 is 2.33 bits per heavy atom. The number of carbonyl (C=O) groups is 1. The van der Waals surface area contributed by atoms with Gasteiger partial charge in [0.15, 0.2) is 0 Å². The molecule has 0 spiro atoms. The molecule has 0 bridgehead atoms. The Balaban J connectivity index is 2.39. The standard InChI is InChI=1S/C13H18Cl2N2O/c1-3-17(13(15)18)9-8-16(2)10-11-4-6-12(14)7-5-11/h4-7H,3,8-10H2,1-2H3. The molecule has 0 aliphatic heterocycles. The van der Waals surface area contributed by atoms with E-state index in [1.54, 1.807) is 4.90 Å². The largest absolute Gasteiger partial charge is 0.328 e. The molecule has 0 aromatic heterocycles. The molecule has 0 radical (unpaired) electrons. The van der Waals surface area contributed by atoms with E-state index in [0.717, 1.165) is 18.1 Å². The van der Waals surface area contributed by atoms with Crippen LogP contribution < -0.4 is 0 Å². The lowest BCUT2D eigenvalue weighted by atomic mass is 10.2.